The monoisotopic (exact) mass is 334 g/mol. The van der Waals surface area contributed by atoms with Crippen molar-refractivity contribution in [1.82, 2.24) is 9.97 Å². The highest BCUT2D eigenvalue weighted by molar-refractivity contribution is 6.24. The fraction of sp³-hybridized carbons (Fsp3) is 0. The van der Waals surface area contributed by atoms with E-state index in [1.165, 1.54) is 11.1 Å². The molecule has 26 heavy (non-hydrogen) atoms. The lowest BCUT2D eigenvalue weighted by Gasteiger charge is -1.98. The van der Waals surface area contributed by atoms with Gasteiger partial charge in [-0.15, -0.1) is 5.10 Å². The Morgan fingerprint density at radius 3 is 1.92 bits per heavy atom. The summed E-state index contributed by atoms with van der Waals surface area (Å²) in [5.74, 6) is 0. The van der Waals surface area contributed by atoms with E-state index in [9.17, 15) is 0 Å². The fourth-order valence-corrected chi connectivity index (χ4v) is 3.28. The molecule has 0 fully saturated rings. The van der Waals surface area contributed by atoms with Crippen molar-refractivity contribution >= 4 is 23.0 Å². The van der Waals surface area contributed by atoms with Crippen molar-refractivity contribution in [3.63, 3.8) is 0 Å². The van der Waals surface area contributed by atoms with Gasteiger partial charge in [0.2, 0.25) is 0 Å². The van der Waals surface area contributed by atoms with E-state index in [0.29, 0.717) is 5.69 Å². The number of hydrogen-bond acceptors (Lipinski definition) is 4. The van der Waals surface area contributed by atoms with Gasteiger partial charge in [0, 0.05) is 11.1 Å². The highest BCUT2D eigenvalue weighted by Crippen LogP contribution is 2.36. The minimum atomic E-state index is 0.688. The Hall–Kier alpha value is -3.66. The van der Waals surface area contributed by atoms with Gasteiger partial charge >= 0.3 is 0 Å². The van der Waals surface area contributed by atoms with Crippen LogP contribution in [-0.4, -0.2) is 21.9 Å². The van der Waals surface area contributed by atoms with Gasteiger partial charge in [0.15, 0.2) is 0 Å². The Bertz CT molecular complexity index is 1140. The van der Waals surface area contributed by atoms with Crippen LogP contribution in [-0.2, 0) is 0 Å². The van der Waals surface area contributed by atoms with E-state index in [4.69, 9.17) is 0 Å². The maximum Gasteiger partial charge on any atom is 0.102 e. The Balaban J connectivity index is 1.55. The summed E-state index contributed by atoms with van der Waals surface area (Å²) < 4.78 is 0. The number of para-hydroxylation sites is 2. The van der Waals surface area contributed by atoms with Crippen molar-refractivity contribution in [2.45, 2.75) is 0 Å². The minimum absolute atomic E-state index is 0.688. The molecule has 0 atom stereocenters. The maximum absolute atomic E-state index is 4.55. The largest absolute Gasteiger partial charge is 0.252 e. The van der Waals surface area contributed by atoms with E-state index in [1.54, 1.807) is 12.4 Å². The topological polar surface area (TPSA) is 50.5 Å². The number of benzene rings is 3. The van der Waals surface area contributed by atoms with Crippen molar-refractivity contribution < 1.29 is 0 Å². The quantitative estimate of drug-likeness (QED) is 0.353. The molecule has 122 valence electrons. The van der Waals surface area contributed by atoms with Crippen LogP contribution >= 0.6 is 0 Å². The molecule has 4 heteroatoms. The van der Waals surface area contributed by atoms with E-state index in [2.05, 4.69) is 44.4 Å². The Kier molecular flexibility index (Phi) is 3.39. The second-order valence-corrected chi connectivity index (χ2v) is 6.07. The Labute approximate surface area is 150 Å². The van der Waals surface area contributed by atoms with Crippen molar-refractivity contribution in [3.8, 4) is 11.1 Å². The molecule has 1 aromatic heterocycles. The molecule has 0 radical (unpaired) electrons. The van der Waals surface area contributed by atoms with Gasteiger partial charge in [0.25, 0.3) is 0 Å². The van der Waals surface area contributed by atoms with E-state index >= 15 is 0 Å². The summed E-state index contributed by atoms with van der Waals surface area (Å²) in [6, 6.07) is 24.3. The first-order chi connectivity index (χ1) is 12.9. The first kappa shape index (κ1) is 14.7. The molecule has 0 amide bonds. The summed E-state index contributed by atoms with van der Waals surface area (Å²) in [6.07, 6.45) is 3.36. The second kappa shape index (κ2) is 6.01. The predicted molar refractivity (Wildman–Crippen MR) is 105 cm³/mol. The molecular weight excluding hydrogens is 320 g/mol. The SMILES string of the molecule is C(=N/N=C1c2ccccc2-c2ccccc21)/c1cnc2ccccc2n1. The van der Waals surface area contributed by atoms with E-state index in [1.807, 2.05) is 48.5 Å². The molecule has 0 N–H and O–H groups in total. The van der Waals surface area contributed by atoms with Crippen LogP contribution in [0.25, 0.3) is 22.2 Å². The summed E-state index contributed by atoms with van der Waals surface area (Å²) in [4.78, 5) is 8.95. The lowest BCUT2D eigenvalue weighted by molar-refractivity contribution is 1.22. The zero-order chi connectivity index (χ0) is 17.3. The Morgan fingerprint density at radius 2 is 1.23 bits per heavy atom. The molecule has 4 aromatic rings. The van der Waals surface area contributed by atoms with Gasteiger partial charge in [-0.3, -0.25) is 4.98 Å². The zero-order valence-electron chi connectivity index (χ0n) is 13.9. The smallest absolute Gasteiger partial charge is 0.102 e. The van der Waals surface area contributed by atoms with Gasteiger partial charge in [-0.25, -0.2) is 4.98 Å². The van der Waals surface area contributed by atoms with Crippen LogP contribution in [0.5, 0.6) is 0 Å². The molecule has 1 aliphatic carbocycles. The summed E-state index contributed by atoms with van der Waals surface area (Å²) in [7, 11) is 0. The molecule has 0 saturated heterocycles. The molecule has 4 nitrogen and oxygen atoms in total. The van der Waals surface area contributed by atoms with Gasteiger partial charge in [-0.2, -0.15) is 5.10 Å². The number of nitrogens with zero attached hydrogens (tertiary/aromatic N) is 4. The van der Waals surface area contributed by atoms with Gasteiger partial charge in [-0.1, -0.05) is 60.7 Å². The molecule has 0 bridgehead atoms. The number of fused-ring (bicyclic) bond motifs is 4. The van der Waals surface area contributed by atoms with Crippen LogP contribution in [0.3, 0.4) is 0 Å². The summed E-state index contributed by atoms with van der Waals surface area (Å²) >= 11 is 0. The van der Waals surface area contributed by atoms with E-state index in [-0.39, 0.29) is 0 Å². The van der Waals surface area contributed by atoms with E-state index < -0.39 is 0 Å². The van der Waals surface area contributed by atoms with Crippen LogP contribution in [0.4, 0.5) is 0 Å². The summed E-state index contributed by atoms with van der Waals surface area (Å²) in [5, 5.41) is 8.79. The first-order valence-corrected chi connectivity index (χ1v) is 8.42. The minimum Gasteiger partial charge on any atom is -0.252 e. The third-order valence-electron chi connectivity index (χ3n) is 4.47. The molecule has 1 heterocycles. The van der Waals surface area contributed by atoms with Crippen LogP contribution in [0.1, 0.15) is 16.8 Å². The van der Waals surface area contributed by atoms with Crippen molar-refractivity contribution in [2.24, 2.45) is 10.2 Å². The summed E-state index contributed by atoms with van der Waals surface area (Å²) in [5.41, 5.74) is 7.90. The normalized spacial score (nSPS) is 12.4. The number of rotatable bonds is 2. The second-order valence-electron chi connectivity index (χ2n) is 6.07. The first-order valence-electron chi connectivity index (χ1n) is 8.42. The fourth-order valence-electron chi connectivity index (χ4n) is 3.28. The average molecular weight is 334 g/mol. The lowest BCUT2D eigenvalue weighted by Crippen LogP contribution is -1.97. The standard InChI is InChI=1S/C22H14N4/c1-3-9-18-16(7-1)17-8-2-4-10-19(17)22(18)26-24-14-15-13-23-20-11-5-6-12-21(20)25-15/h1-14H/b24-14-. The van der Waals surface area contributed by atoms with E-state index in [0.717, 1.165) is 27.9 Å². The van der Waals surface area contributed by atoms with Crippen LogP contribution in [0, 0.1) is 0 Å². The molecule has 3 aromatic carbocycles. The van der Waals surface area contributed by atoms with Crippen molar-refractivity contribution in [3.05, 3.63) is 95.8 Å². The molecule has 5 rings (SSSR count). The number of aromatic nitrogens is 2. The summed E-state index contributed by atoms with van der Waals surface area (Å²) in [6.45, 7) is 0. The maximum atomic E-state index is 4.55. The highest BCUT2D eigenvalue weighted by Gasteiger charge is 2.23. The van der Waals surface area contributed by atoms with Gasteiger partial charge in [0.1, 0.15) is 11.4 Å². The van der Waals surface area contributed by atoms with Gasteiger partial charge in [-0.05, 0) is 23.3 Å². The lowest BCUT2D eigenvalue weighted by atomic mass is 10.1. The Morgan fingerprint density at radius 1 is 0.654 bits per heavy atom. The molecule has 0 saturated carbocycles. The zero-order valence-corrected chi connectivity index (χ0v) is 13.9. The van der Waals surface area contributed by atoms with Crippen LogP contribution in [0.2, 0.25) is 0 Å². The third-order valence-corrected chi connectivity index (χ3v) is 4.47. The third kappa shape index (κ3) is 2.40. The predicted octanol–water partition coefficient (Wildman–Crippen LogP) is 4.48. The number of hydrogen-bond donors (Lipinski definition) is 0. The van der Waals surface area contributed by atoms with Gasteiger partial charge < -0.3 is 0 Å². The molecule has 0 aliphatic heterocycles. The molecular formula is C22H14N4. The van der Waals surface area contributed by atoms with Crippen molar-refractivity contribution in [2.75, 3.05) is 0 Å². The van der Waals surface area contributed by atoms with Crippen LogP contribution in [0.15, 0.2) is 89.2 Å². The molecule has 0 spiro atoms. The average Bonchev–Trinajstić information content (AvgIpc) is 3.02. The highest BCUT2D eigenvalue weighted by atomic mass is 15.2. The van der Waals surface area contributed by atoms with Crippen LogP contribution < -0.4 is 0 Å². The van der Waals surface area contributed by atoms with Gasteiger partial charge in [0.05, 0.1) is 23.4 Å². The molecule has 0 unspecified atom stereocenters. The molecule has 1 aliphatic rings. The van der Waals surface area contributed by atoms with Crippen molar-refractivity contribution in [1.29, 1.82) is 0 Å².